The lowest BCUT2D eigenvalue weighted by Gasteiger charge is -2.15. The number of carbonyl (C=O) groups is 1. The number of ketones is 1. The average Bonchev–Trinajstić information content (AvgIpc) is 2.41. The summed E-state index contributed by atoms with van der Waals surface area (Å²) in [6.45, 7) is 1.39. The van der Waals surface area contributed by atoms with Gasteiger partial charge in [-0.1, -0.05) is 11.6 Å². The maximum absolute atomic E-state index is 13.5. The fourth-order valence-electron chi connectivity index (χ4n) is 1.72. The third kappa shape index (κ3) is 3.55. The van der Waals surface area contributed by atoms with Crippen molar-refractivity contribution in [3.8, 4) is 5.75 Å². The molecule has 2 nitrogen and oxygen atoms in total. The Morgan fingerprint density at radius 2 is 1.71 bits per heavy atom. The van der Waals surface area contributed by atoms with E-state index < -0.39 is 29.3 Å². The number of hydrogen-bond acceptors (Lipinski definition) is 2. The Labute approximate surface area is 124 Å². The van der Waals surface area contributed by atoms with Crippen molar-refractivity contribution in [3.05, 3.63) is 64.4 Å². The topological polar surface area (TPSA) is 26.3 Å². The number of ether oxygens (including phenoxy) is 1. The first-order valence-corrected chi connectivity index (χ1v) is 6.37. The SMILES string of the molecule is CC(Oc1ccc(F)cc1Cl)C(=O)c1ccc(F)cc1F. The maximum Gasteiger partial charge on any atom is 0.205 e. The molecule has 2 rings (SSSR count). The Bertz CT molecular complexity index is 689. The van der Waals surface area contributed by atoms with Gasteiger partial charge in [-0.15, -0.1) is 0 Å². The summed E-state index contributed by atoms with van der Waals surface area (Å²) < 4.78 is 44.6. The summed E-state index contributed by atoms with van der Waals surface area (Å²) in [7, 11) is 0. The summed E-state index contributed by atoms with van der Waals surface area (Å²) in [5.41, 5.74) is -0.290. The normalized spacial score (nSPS) is 12.0. The van der Waals surface area contributed by atoms with Gasteiger partial charge in [0.05, 0.1) is 10.6 Å². The Morgan fingerprint density at radius 3 is 2.33 bits per heavy atom. The van der Waals surface area contributed by atoms with Crippen molar-refractivity contribution < 1.29 is 22.7 Å². The van der Waals surface area contributed by atoms with Crippen molar-refractivity contribution in [1.29, 1.82) is 0 Å². The van der Waals surface area contributed by atoms with E-state index in [4.69, 9.17) is 16.3 Å². The zero-order valence-corrected chi connectivity index (χ0v) is 11.6. The molecule has 0 N–H and O–H groups in total. The second-order valence-corrected chi connectivity index (χ2v) is 4.73. The van der Waals surface area contributed by atoms with E-state index in [1.165, 1.54) is 13.0 Å². The number of Topliss-reactive ketones (excluding diaryl/α,β-unsaturated/α-hetero) is 1. The van der Waals surface area contributed by atoms with Crippen LogP contribution in [0.2, 0.25) is 5.02 Å². The lowest BCUT2D eigenvalue weighted by atomic mass is 10.1. The molecule has 110 valence electrons. The van der Waals surface area contributed by atoms with E-state index >= 15 is 0 Å². The quantitative estimate of drug-likeness (QED) is 0.781. The standard InChI is InChI=1S/C15H10ClF3O2/c1-8(21-14-5-3-9(17)6-12(14)16)15(20)11-4-2-10(18)7-13(11)19/h2-8H,1H3. The lowest BCUT2D eigenvalue weighted by molar-refractivity contribution is 0.0814. The van der Waals surface area contributed by atoms with E-state index in [1.807, 2.05) is 0 Å². The number of benzene rings is 2. The van der Waals surface area contributed by atoms with Gasteiger partial charge in [-0.05, 0) is 37.3 Å². The molecule has 0 spiro atoms. The molecule has 0 heterocycles. The molecule has 0 saturated carbocycles. The van der Waals surface area contributed by atoms with Crippen LogP contribution in [-0.2, 0) is 0 Å². The Kier molecular flexibility index (Phi) is 4.53. The van der Waals surface area contributed by atoms with Gasteiger partial charge in [-0.25, -0.2) is 13.2 Å². The molecular weight excluding hydrogens is 305 g/mol. The molecule has 1 atom stereocenters. The van der Waals surface area contributed by atoms with Crippen molar-refractivity contribution in [2.75, 3.05) is 0 Å². The average molecular weight is 315 g/mol. The molecule has 2 aromatic carbocycles. The predicted octanol–water partition coefficient (Wildman–Crippen LogP) is 4.41. The molecule has 21 heavy (non-hydrogen) atoms. The maximum atomic E-state index is 13.5. The first-order valence-electron chi connectivity index (χ1n) is 5.99. The van der Waals surface area contributed by atoms with E-state index in [9.17, 15) is 18.0 Å². The van der Waals surface area contributed by atoms with Gasteiger partial charge in [0.1, 0.15) is 23.2 Å². The highest BCUT2D eigenvalue weighted by molar-refractivity contribution is 6.32. The molecular formula is C15H10ClF3O2. The Balaban J connectivity index is 2.19. The first-order chi connectivity index (χ1) is 9.88. The zero-order valence-electron chi connectivity index (χ0n) is 10.9. The summed E-state index contributed by atoms with van der Waals surface area (Å²) in [6.07, 6.45) is -1.06. The van der Waals surface area contributed by atoms with Crippen LogP contribution < -0.4 is 4.74 Å². The number of halogens is 4. The van der Waals surface area contributed by atoms with Crippen LogP contribution in [-0.4, -0.2) is 11.9 Å². The second kappa shape index (κ2) is 6.18. The van der Waals surface area contributed by atoms with Gasteiger partial charge in [0.2, 0.25) is 5.78 Å². The second-order valence-electron chi connectivity index (χ2n) is 4.32. The zero-order chi connectivity index (χ0) is 15.6. The van der Waals surface area contributed by atoms with Gasteiger partial charge in [-0.3, -0.25) is 4.79 Å². The minimum atomic E-state index is -1.06. The summed E-state index contributed by atoms with van der Waals surface area (Å²) in [5.74, 6) is -2.87. The third-order valence-electron chi connectivity index (χ3n) is 2.76. The van der Waals surface area contributed by atoms with Crippen molar-refractivity contribution in [3.63, 3.8) is 0 Å². The van der Waals surface area contributed by atoms with Crippen molar-refractivity contribution >= 4 is 17.4 Å². The Morgan fingerprint density at radius 1 is 1.10 bits per heavy atom. The molecule has 1 unspecified atom stereocenters. The van der Waals surface area contributed by atoms with E-state index in [2.05, 4.69) is 0 Å². The monoisotopic (exact) mass is 314 g/mol. The summed E-state index contributed by atoms with van der Waals surface area (Å²) in [4.78, 5) is 12.1. The fourth-order valence-corrected chi connectivity index (χ4v) is 1.93. The predicted molar refractivity (Wildman–Crippen MR) is 72.2 cm³/mol. The number of rotatable bonds is 4. The number of carbonyl (C=O) groups excluding carboxylic acids is 1. The van der Waals surface area contributed by atoms with Crippen molar-refractivity contribution in [1.82, 2.24) is 0 Å². The molecule has 0 amide bonds. The van der Waals surface area contributed by atoms with Crippen LogP contribution in [0.3, 0.4) is 0 Å². The lowest BCUT2D eigenvalue weighted by Crippen LogP contribution is -2.25. The molecule has 0 aliphatic carbocycles. The minimum Gasteiger partial charge on any atom is -0.481 e. The molecule has 0 aliphatic rings. The summed E-state index contributed by atoms with van der Waals surface area (Å²) in [5, 5.41) is -0.00534. The van der Waals surface area contributed by atoms with Crippen LogP contribution in [0.25, 0.3) is 0 Å². The van der Waals surface area contributed by atoms with Crippen LogP contribution in [0, 0.1) is 17.5 Å². The minimum absolute atomic E-state index is 0.00534. The van der Waals surface area contributed by atoms with Crippen LogP contribution in [0.5, 0.6) is 5.75 Å². The highest BCUT2D eigenvalue weighted by Crippen LogP contribution is 2.26. The molecule has 0 saturated heterocycles. The highest BCUT2D eigenvalue weighted by Gasteiger charge is 2.21. The van der Waals surface area contributed by atoms with E-state index in [-0.39, 0.29) is 16.3 Å². The molecule has 0 aliphatic heterocycles. The van der Waals surface area contributed by atoms with Gasteiger partial charge >= 0.3 is 0 Å². The van der Waals surface area contributed by atoms with Crippen LogP contribution in [0.4, 0.5) is 13.2 Å². The number of hydrogen-bond donors (Lipinski definition) is 0. The molecule has 0 aromatic heterocycles. The summed E-state index contributed by atoms with van der Waals surface area (Å²) >= 11 is 5.78. The molecule has 0 fully saturated rings. The summed E-state index contributed by atoms with van der Waals surface area (Å²) in [6, 6.07) is 6.06. The molecule has 6 heteroatoms. The van der Waals surface area contributed by atoms with E-state index in [0.717, 1.165) is 24.3 Å². The highest BCUT2D eigenvalue weighted by atomic mass is 35.5. The van der Waals surface area contributed by atoms with Gasteiger partial charge in [0.25, 0.3) is 0 Å². The van der Waals surface area contributed by atoms with Crippen LogP contribution >= 0.6 is 11.6 Å². The van der Waals surface area contributed by atoms with E-state index in [0.29, 0.717) is 6.07 Å². The fraction of sp³-hybridized carbons (Fsp3) is 0.133. The van der Waals surface area contributed by atoms with Crippen LogP contribution in [0.1, 0.15) is 17.3 Å². The molecule has 0 bridgehead atoms. The van der Waals surface area contributed by atoms with Crippen molar-refractivity contribution in [2.24, 2.45) is 0 Å². The first kappa shape index (κ1) is 15.4. The van der Waals surface area contributed by atoms with Gasteiger partial charge in [-0.2, -0.15) is 0 Å². The van der Waals surface area contributed by atoms with Gasteiger partial charge < -0.3 is 4.74 Å². The third-order valence-corrected chi connectivity index (χ3v) is 3.06. The Hall–Kier alpha value is -2.01. The van der Waals surface area contributed by atoms with Gasteiger partial charge in [0, 0.05) is 6.07 Å². The largest absolute Gasteiger partial charge is 0.481 e. The smallest absolute Gasteiger partial charge is 0.205 e. The molecule has 0 radical (unpaired) electrons. The van der Waals surface area contributed by atoms with E-state index in [1.54, 1.807) is 0 Å². The molecule has 2 aromatic rings. The van der Waals surface area contributed by atoms with Gasteiger partial charge in [0.15, 0.2) is 6.10 Å². The van der Waals surface area contributed by atoms with Crippen molar-refractivity contribution in [2.45, 2.75) is 13.0 Å². The van der Waals surface area contributed by atoms with Crippen LogP contribution in [0.15, 0.2) is 36.4 Å².